The summed E-state index contributed by atoms with van der Waals surface area (Å²) in [5.74, 6) is 0.330. The average molecular weight is 237 g/mol. The maximum atomic E-state index is 10.4. The van der Waals surface area contributed by atoms with Gasteiger partial charge in [-0.1, -0.05) is 6.42 Å². The summed E-state index contributed by atoms with van der Waals surface area (Å²) in [5.41, 5.74) is 7.31. The molecule has 1 heterocycles. The van der Waals surface area contributed by atoms with Crippen molar-refractivity contribution in [2.45, 2.75) is 51.7 Å². The second-order valence-corrected chi connectivity index (χ2v) is 5.34. The zero-order valence-electron chi connectivity index (χ0n) is 10.8. The highest BCUT2D eigenvalue weighted by atomic mass is 16.3. The molecule has 0 bridgehead atoms. The Balaban J connectivity index is 1.96. The Morgan fingerprint density at radius 2 is 2.35 bits per heavy atom. The summed E-state index contributed by atoms with van der Waals surface area (Å²) in [5, 5.41) is 14.8. The molecule has 0 spiro atoms. The molecule has 2 atom stereocenters. The summed E-state index contributed by atoms with van der Waals surface area (Å²) >= 11 is 0. The molecule has 1 saturated carbocycles. The van der Waals surface area contributed by atoms with Gasteiger partial charge in [-0.05, 0) is 45.1 Å². The minimum absolute atomic E-state index is 0.330. The molecule has 0 aliphatic heterocycles. The minimum atomic E-state index is -0.629. The Hall–Kier alpha value is -0.870. The van der Waals surface area contributed by atoms with Gasteiger partial charge >= 0.3 is 0 Å². The topological polar surface area (TPSA) is 64.1 Å². The van der Waals surface area contributed by atoms with E-state index in [1.807, 2.05) is 11.6 Å². The lowest BCUT2D eigenvalue weighted by atomic mass is 9.88. The fourth-order valence-electron chi connectivity index (χ4n) is 2.99. The van der Waals surface area contributed by atoms with Crippen LogP contribution in [0.4, 0.5) is 0 Å². The van der Waals surface area contributed by atoms with Gasteiger partial charge in [-0.15, -0.1) is 0 Å². The van der Waals surface area contributed by atoms with Crippen LogP contribution in [0, 0.1) is 19.8 Å². The maximum absolute atomic E-state index is 10.4. The van der Waals surface area contributed by atoms with Gasteiger partial charge in [0, 0.05) is 18.8 Å². The summed E-state index contributed by atoms with van der Waals surface area (Å²) in [7, 11) is 0. The maximum Gasteiger partial charge on any atom is 0.0798 e. The lowest BCUT2D eigenvalue weighted by molar-refractivity contribution is 0.00622. The molecule has 1 fully saturated rings. The summed E-state index contributed by atoms with van der Waals surface area (Å²) in [6, 6.07) is 2.09. The highest BCUT2D eigenvalue weighted by molar-refractivity contribution is 5.06. The van der Waals surface area contributed by atoms with Crippen molar-refractivity contribution in [1.82, 2.24) is 9.78 Å². The van der Waals surface area contributed by atoms with Crippen LogP contribution in [0.15, 0.2) is 6.07 Å². The molecule has 1 aromatic heterocycles. The van der Waals surface area contributed by atoms with Gasteiger partial charge in [-0.2, -0.15) is 5.10 Å². The largest absolute Gasteiger partial charge is 0.388 e. The molecule has 0 amide bonds. The van der Waals surface area contributed by atoms with Crippen molar-refractivity contribution in [3.8, 4) is 0 Å². The van der Waals surface area contributed by atoms with Crippen molar-refractivity contribution >= 4 is 0 Å². The molecular weight excluding hydrogens is 214 g/mol. The lowest BCUT2D eigenvalue weighted by Gasteiger charge is -2.28. The summed E-state index contributed by atoms with van der Waals surface area (Å²) in [4.78, 5) is 0. The molecule has 0 aromatic carbocycles. The van der Waals surface area contributed by atoms with Crippen LogP contribution in [-0.4, -0.2) is 27.0 Å². The molecule has 96 valence electrons. The quantitative estimate of drug-likeness (QED) is 0.831. The van der Waals surface area contributed by atoms with Crippen molar-refractivity contribution < 1.29 is 5.11 Å². The number of aryl methyl sites for hydroxylation is 3. The van der Waals surface area contributed by atoms with Crippen LogP contribution in [0.3, 0.4) is 0 Å². The average Bonchev–Trinajstić information content (AvgIpc) is 2.80. The molecule has 4 heteroatoms. The van der Waals surface area contributed by atoms with Gasteiger partial charge in [0.05, 0.1) is 11.3 Å². The number of hydrogen-bond donors (Lipinski definition) is 2. The van der Waals surface area contributed by atoms with Crippen molar-refractivity contribution in [1.29, 1.82) is 0 Å². The van der Waals surface area contributed by atoms with Crippen LogP contribution in [-0.2, 0) is 6.54 Å². The zero-order valence-corrected chi connectivity index (χ0v) is 10.8. The van der Waals surface area contributed by atoms with E-state index in [0.717, 1.165) is 37.9 Å². The first kappa shape index (κ1) is 12.6. The van der Waals surface area contributed by atoms with E-state index in [9.17, 15) is 5.11 Å². The molecule has 1 aliphatic rings. The van der Waals surface area contributed by atoms with Crippen molar-refractivity contribution in [3.63, 3.8) is 0 Å². The van der Waals surface area contributed by atoms with Crippen LogP contribution in [0.25, 0.3) is 0 Å². The predicted octanol–water partition coefficient (Wildman–Crippen LogP) is 1.38. The van der Waals surface area contributed by atoms with Crippen LogP contribution in [0.1, 0.15) is 37.1 Å². The minimum Gasteiger partial charge on any atom is -0.388 e. The molecular formula is C13H23N3O. The van der Waals surface area contributed by atoms with Gasteiger partial charge in [0.2, 0.25) is 0 Å². The summed E-state index contributed by atoms with van der Waals surface area (Å²) in [6.07, 6.45) is 4.00. The van der Waals surface area contributed by atoms with Crippen molar-refractivity contribution in [2.75, 3.05) is 6.54 Å². The number of aromatic nitrogens is 2. The lowest BCUT2D eigenvalue weighted by Crippen LogP contribution is -2.41. The highest BCUT2D eigenvalue weighted by Crippen LogP contribution is 2.37. The fourth-order valence-corrected chi connectivity index (χ4v) is 2.99. The number of rotatable bonds is 4. The highest BCUT2D eigenvalue weighted by Gasteiger charge is 2.39. The van der Waals surface area contributed by atoms with Crippen molar-refractivity contribution in [2.24, 2.45) is 11.7 Å². The van der Waals surface area contributed by atoms with Gasteiger partial charge in [0.25, 0.3) is 0 Å². The predicted molar refractivity (Wildman–Crippen MR) is 67.7 cm³/mol. The number of aliphatic hydroxyl groups is 1. The molecule has 3 N–H and O–H groups in total. The number of nitrogens with two attached hydrogens (primary N) is 1. The van der Waals surface area contributed by atoms with E-state index in [2.05, 4.69) is 18.1 Å². The standard InChI is InChI=1S/C13H23N3O/c1-10-8-11(2)16(15-10)7-5-12-4-3-6-13(12,17)9-14/h8,12,17H,3-7,9,14H2,1-2H3. The molecule has 0 radical (unpaired) electrons. The zero-order chi connectivity index (χ0) is 12.5. The Morgan fingerprint density at radius 3 is 2.94 bits per heavy atom. The van der Waals surface area contributed by atoms with E-state index >= 15 is 0 Å². The van der Waals surface area contributed by atoms with E-state index in [1.165, 1.54) is 5.69 Å². The van der Waals surface area contributed by atoms with Crippen LogP contribution < -0.4 is 5.73 Å². The second-order valence-electron chi connectivity index (χ2n) is 5.34. The van der Waals surface area contributed by atoms with Crippen molar-refractivity contribution in [3.05, 3.63) is 17.5 Å². The van der Waals surface area contributed by atoms with Crippen LogP contribution >= 0.6 is 0 Å². The van der Waals surface area contributed by atoms with Gasteiger partial charge < -0.3 is 10.8 Å². The Morgan fingerprint density at radius 1 is 1.59 bits per heavy atom. The third kappa shape index (κ3) is 2.53. The molecule has 17 heavy (non-hydrogen) atoms. The third-order valence-electron chi connectivity index (χ3n) is 4.07. The molecule has 1 aliphatic carbocycles. The third-order valence-corrected chi connectivity index (χ3v) is 4.07. The first-order chi connectivity index (χ1) is 8.05. The van der Waals surface area contributed by atoms with Gasteiger partial charge in [-0.25, -0.2) is 0 Å². The van der Waals surface area contributed by atoms with E-state index in [-0.39, 0.29) is 0 Å². The van der Waals surface area contributed by atoms with E-state index in [1.54, 1.807) is 0 Å². The van der Waals surface area contributed by atoms with E-state index in [0.29, 0.717) is 12.5 Å². The molecule has 0 saturated heterocycles. The Labute approximate surface area is 103 Å². The Kier molecular flexibility index (Phi) is 3.54. The smallest absolute Gasteiger partial charge is 0.0798 e. The van der Waals surface area contributed by atoms with Gasteiger partial charge in [-0.3, -0.25) is 4.68 Å². The van der Waals surface area contributed by atoms with Crippen LogP contribution in [0.5, 0.6) is 0 Å². The SMILES string of the molecule is Cc1cc(C)n(CCC2CCCC2(O)CN)n1. The van der Waals surface area contributed by atoms with E-state index in [4.69, 9.17) is 5.73 Å². The number of nitrogens with zero attached hydrogens (tertiary/aromatic N) is 2. The van der Waals surface area contributed by atoms with Gasteiger partial charge in [0.15, 0.2) is 0 Å². The normalized spacial score (nSPS) is 28.8. The fraction of sp³-hybridized carbons (Fsp3) is 0.769. The van der Waals surface area contributed by atoms with Gasteiger partial charge in [0.1, 0.15) is 0 Å². The second kappa shape index (κ2) is 4.78. The molecule has 2 unspecified atom stereocenters. The number of hydrogen-bond acceptors (Lipinski definition) is 3. The monoisotopic (exact) mass is 237 g/mol. The van der Waals surface area contributed by atoms with E-state index < -0.39 is 5.60 Å². The first-order valence-electron chi connectivity index (χ1n) is 6.48. The Bertz CT molecular complexity index is 388. The molecule has 4 nitrogen and oxygen atoms in total. The molecule has 1 aromatic rings. The van der Waals surface area contributed by atoms with Crippen LogP contribution in [0.2, 0.25) is 0 Å². The first-order valence-corrected chi connectivity index (χ1v) is 6.48. The summed E-state index contributed by atoms with van der Waals surface area (Å²) < 4.78 is 2.03. The summed E-state index contributed by atoms with van der Waals surface area (Å²) in [6.45, 7) is 5.35. The molecule has 2 rings (SSSR count).